The van der Waals surface area contributed by atoms with Gasteiger partial charge in [0.1, 0.15) is 0 Å². The highest BCUT2D eigenvalue weighted by molar-refractivity contribution is 5.74. The molecule has 1 aromatic rings. The van der Waals surface area contributed by atoms with Crippen LogP contribution in [0.2, 0.25) is 0 Å². The zero-order valence-corrected chi connectivity index (χ0v) is 16.5. The molecule has 2 aliphatic heterocycles. The molecule has 4 heteroatoms. The lowest BCUT2D eigenvalue weighted by Crippen LogP contribution is -2.51. The van der Waals surface area contributed by atoms with Crippen molar-refractivity contribution in [3.8, 4) is 0 Å². The summed E-state index contributed by atoms with van der Waals surface area (Å²) in [5, 5.41) is 3.27. The molecule has 0 unspecified atom stereocenters. The third kappa shape index (κ3) is 5.00. The van der Waals surface area contributed by atoms with Crippen molar-refractivity contribution in [1.82, 2.24) is 15.1 Å². The highest BCUT2D eigenvalue weighted by Crippen LogP contribution is 2.39. The first kappa shape index (κ1) is 19.2. The summed E-state index contributed by atoms with van der Waals surface area (Å²) in [4.78, 5) is 17.0. The van der Waals surface area contributed by atoms with Crippen LogP contribution in [0.25, 0.3) is 0 Å². The summed E-state index contributed by atoms with van der Waals surface area (Å²) in [7, 11) is 2.16. The average Bonchev–Trinajstić information content (AvgIpc) is 2.69. The number of hydrogen-bond acceptors (Lipinski definition) is 2. The molecule has 0 spiro atoms. The summed E-state index contributed by atoms with van der Waals surface area (Å²) in [6.07, 6.45) is 8.02. The number of nitrogens with one attached hydrogen (secondary N) is 1. The lowest BCUT2D eigenvalue weighted by molar-refractivity contribution is 0.102. The number of likely N-dealkylation sites (tertiary alicyclic amines) is 2. The minimum absolute atomic E-state index is 0.160. The molecular weight excluding hydrogens is 322 g/mol. The fourth-order valence-corrected chi connectivity index (χ4v) is 4.44. The fraction of sp³-hybridized carbons (Fsp3) is 0.682. The van der Waals surface area contributed by atoms with Gasteiger partial charge >= 0.3 is 6.03 Å². The Morgan fingerprint density at radius 1 is 1.12 bits per heavy atom. The maximum Gasteiger partial charge on any atom is 0.317 e. The summed E-state index contributed by atoms with van der Waals surface area (Å²) >= 11 is 0. The molecule has 4 nitrogen and oxygen atoms in total. The first-order chi connectivity index (χ1) is 12.6. The van der Waals surface area contributed by atoms with Crippen molar-refractivity contribution in [2.75, 3.05) is 33.2 Å². The van der Waals surface area contributed by atoms with Gasteiger partial charge in [-0.15, -0.1) is 0 Å². The van der Waals surface area contributed by atoms with Crippen molar-refractivity contribution in [3.05, 3.63) is 35.9 Å². The number of benzene rings is 1. The number of nitrogens with zero attached hydrogens (tertiary/aromatic N) is 2. The Balaban J connectivity index is 1.46. The van der Waals surface area contributed by atoms with Gasteiger partial charge in [0.05, 0.1) is 0 Å². The van der Waals surface area contributed by atoms with E-state index in [1.807, 2.05) is 0 Å². The van der Waals surface area contributed by atoms with E-state index < -0.39 is 0 Å². The summed E-state index contributed by atoms with van der Waals surface area (Å²) < 4.78 is 0. The Morgan fingerprint density at radius 3 is 2.38 bits per heavy atom. The first-order valence-electron chi connectivity index (χ1n) is 10.4. The van der Waals surface area contributed by atoms with Crippen LogP contribution >= 0.6 is 0 Å². The molecule has 0 aromatic heterocycles. The second-order valence-corrected chi connectivity index (χ2v) is 8.35. The molecule has 2 heterocycles. The van der Waals surface area contributed by atoms with Crippen molar-refractivity contribution >= 4 is 6.03 Å². The number of carbonyl (C=O) groups excluding carboxylic acids is 1. The predicted octanol–water partition coefficient (Wildman–Crippen LogP) is 3.92. The van der Waals surface area contributed by atoms with E-state index in [9.17, 15) is 4.79 Å². The molecule has 144 valence electrons. The van der Waals surface area contributed by atoms with E-state index in [1.54, 1.807) is 0 Å². The molecule has 0 atom stereocenters. The summed E-state index contributed by atoms with van der Waals surface area (Å²) in [5.74, 6) is 0. The zero-order chi connectivity index (χ0) is 18.4. The summed E-state index contributed by atoms with van der Waals surface area (Å²) in [6.45, 7) is 6.30. The topological polar surface area (TPSA) is 35.6 Å². The second kappa shape index (κ2) is 8.90. The Labute approximate surface area is 158 Å². The number of piperidine rings is 2. The van der Waals surface area contributed by atoms with E-state index in [2.05, 4.69) is 59.4 Å². The minimum atomic E-state index is 0.160. The van der Waals surface area contributed by atoms with Crippen molar-refractivity contribution < 1.29 is 4.79 Å². The number of urea groups is 1. The third-order valence-electron chi connectivity index (χ3n) is 6.69. The van der Waals surface area contributed by atoms with Crippen LogP contribution in [0.5, 0.6) is 0 Å². The lowest BCUT2D eigenvalue weighted by atomic mass is 9.72. The van der Waals surface area contributed by atoms with E-state index in [4.69, 9.17) is 0 Å². The molecule has 2 saturated heterocycles. The van der Waals surface area contributed by atoms with Crippen LogP contribution in [0.15, 0.2) is 30.3 Å². The average molecular weight is 358 g/mol. The molecule has 2 amide bonds. The van der Waals surface area contributed by atoms with Gasteiger partial charge in [-0.25, -0.2) is 4.79 Å². The standard InChI is InChI=1S/C22H35N3O/c1-3-22(12-9-19-7-5-4-6-8-19)13-17-25(18-14-22)21(26)23-20-10-15-24(2)16-11-20/h4-8,20H,3,9-18H2,1-2H3,(H,23,26). The highest BCUT2D eigenvalue weighted by atomic mass is 16.2. The molecule has 1 aromatic carbocycles. The molecule has 0 radical (unpaired) electrons. The Hall–Kier alpha value is -1.55. The number of aryl methyl sites for hydroxylation is 1. The molecule has 1 N–H and O–H groups in total. The smallest absolute Gasteiger partial charge is 0.317 e. The predicted molar refractivity (Wildman–Crippen MR) is 107 cm³/mol. The molecule has 2 fully saturated rings. The molecular formula is C22H35N3O. The lowest BCUT2D eigenvalue weighted by Gasteiger charge is -2.42. The normalized spacial score (nSPS) is 21.5. The van der Waals surface area contributed by atoms with E-state index >= 15 is 0 Å². The van der Waals surface area contributed by atoms with Gasteiger partial charge < -0.3 is 15.1 Å². The fourth-order valence-electron chi connectivity index (χ4n) is 4.44. The summed E-state index contributed by atoms with van der Waals surface area (Å²) in [6, 6.07) is 11.3. The van der Waals surface area contributed by atoms with E-state index in [-0.39, 0.29) is 6.03 Å². The maximum atomic E-state index is 12.6. The number of amides is 2. The van der Waals surface area contributed by atoms with Gasteiger partial charge in [0.15, 0.2) is 0 Å². The Bertz CT molecular complexity index is 558. The zero-order valence-electron chi connectivity index (χ0n) is 16.5. The largest absolute Gasteiger partial charge is 0.335 e. The quantitative estimate of drug-likeness (QED) is 0.867. The molecule has 0 bridgehead atoms. The van der Waals surface area contributed by atoms with E-state index in [1.165, 1.54) is 18.4 Å². The third-order valence-corrected chi connectivity index (χ3v) is 6.69. The van der Waals surface area contributed by atoms with Crippen LogP contribution in [0.4, 0.5) is 4.79 Å². The van der Waals surface area contributed by atoms with Gasteiger partial charge in [0.2, 0.25) is 0 Å². The second-order valence-electron chi connectivity index (χ2n) is 8.35. The number of rotatable bonds is 5. The van der Waals surface area contributed by atoms with Crippen molar-refractivity contribution in [2.45, 2.75) is 57.9 Å². The van der Waals surface area contributed by atoms with Gasteiger partial charge in [0.25, 0.3) is 0 Å². The van der Waals surface area contributed by atoms with E-state index in [0.717, 1.165) is 58.3 Å². The minimum Gasteiger partial charge on any atom is -0.335 e. The van der Waals surface area contributed by atoms with Gasteiger partial charge in [-0.3, -0.25) is 0 Å². The van der Waals surface area contributed by atoms with Crippen molar-refractivity contribution in [1.29, 1.82) is 0 Å². The molecule has 26 heavy (non-hydrogen) atoms. The van der Waals surface area contributed by atoms with Crippen LogP contribution in [0, 0.1) is 5.41 Å². The monoisotopic (exact) mass is 357 g/mol. The van der Waals surface area contributed by atoms with Gasteiger partial charge in [0, 0.05) is 19.1 Å². The molecule has 0 saturated carbocycles. The SMILES string of the molecule is CCC1(CCc2ccccc2)CCN(C(=O)NC2CCN(C)CC2)CC1. The van der Waals surface area contributed by atoms with Gasteiger partial charge in [-0.05, 0) is 69.6 Å². The van der Waals surface area contributed by atoms with Gasteiger partial charge in [-0.2, -0.15) is 0 Å². The van der Waals surface area contributed by atoms with Crippen LogP contribution < -0.4 is 5.32 Å². The van der Waals surface area contributed by atoms with Crippen molar-refractivity contribution in [2.24, 2.45) is 5.41 Å². The van der Waals surface area contributed by atoms with E-state index in [0.29, 0.717) is 11.5 Å². The first-order valence-corrected chi connectivity index (χ1v) is 10.4. The molecule has 2 aliphatic rings. The van der Waals surface area contributed by atoms with Crippen LogP contribution in [-0.4, -0.2) is 55.1 Å². The molecule has 0 aliphatic carbocycles. The number of carbonyl (C=O) groups is 1. The number of hydrogen-bond donors (Lipinski definition) is 1. The van der Waals surface area contributed by atoms with Gasteiger partial charge in [-0.1, -0.05) is 43.7 Å². The van der Waals surface area contributed by atoms with Crippen LogP contribution in [0.1, 0.15) is 51.0 Å². The Morgan fingerprint density at radius 2 is 1.77 bits per heavy atom. The van der Waals surface area contributed by atoms with Crippen LogP contribution in [-0.2, 0) is 6.42 Å². The Kier molecular flexibility index (Phi) is 6.58. The maximum absolute atomic E-state index is 12.6. The molecule has 3 rings (SSSR count). The summed E-state index contributed by atoms with van der Waals surface area (Å²) in [5.41, 5.74) is 1.84. The highest BCUT2D eigenvalue weighted by Gasteiger charge is 2.34. The van der Waals surface area contributed by atoms with Crippen molar-refractivity contribution in [3.63, 3.8) is 0 Å². The van der Waals surface area contributed by atoms with Crippen LogP contribution in [0.3, 0.4) is 0 Å².